The molecular weight excluding hydrogens is 380 g/mol. The standard InChI is InChI=1S/C24H30N2O4/c1-21-6-4-14(27)19-20(26)12(9-23(19,21)11-25)17-13-3-7-24(8-5-16(29)30-24)22(13,2)10-15(28)18(17)21/h12-13,15,17-18,28H,3-10,26H2,1-2H3/t12?,13?,15?,17?,18?,21-,22+,23?,24-/m1/s1. The molecule has 0 aromatic heterocycles. The predicted molar refractivity (Wildman–Crippen MR) is 106 cm³/mol. The molecule has 6 aliphatic rings. The minimum atomic E-state index is -0.872. The second-order valence-corrected chi connectivity index (χ2v) is 11.4. The molecule has 6 rings (SSSR count). The molecule has 3 N–H and O–H groups in total. The fraction of sp³-hybridized carbons (Fsp3) is 0.792. The van der Waals surface area contributed by atoms with E-state index >= 15 is 0 Å². The number of hydrogen-bond donors (Lipinski definition) is 2. The minimum absolute atomic E-state index is 0.0255. The summed E-state index contributed by atoms with van der Waals surface area (Å²) in [7, 11) is 0. The zero-order chi connectivity index (χ0) is 21.3. The highest BCUT2D eigenvalue weighted by molar-refractivity contribution is 6.00. The number of esters is 1. The Kier molecular flexibility index (Phi) is 3.33. The van der Waals surface area contributed by atoms with Crippen molar-refractivity contribution in [2.75, 3.05) is 0 Å². The first-order chi connectivity index (χ1) is 14.1. The normalized spacial score (nSPS) is 56.0. The molecule has 160 valence electrons. The van der Waals surface area contributed by atoms with Crippen molar-refractivity contribution >= 4 is 11.8 Å². The van der Waals surface area contributed by atoms with E-state index in [2.05, 4.69) is 19.9 Å². The number of Topliss-reactive ketones (excluding diaryl/α,β-unsaturated/α-hetero) is 1. The van der Waals surface area contributed by atoms with Gasteiger partial charge in [0.2, 0.25) is 0 Å². The number of ketones is 1. The van der Waals surface area contributed by atoms with Crippen LogP contribution in [-0.4, -0.2) is 28.6 Å². The first-order valence-electron chi connectivity index (χ1n) is 11.5. The molecule has 0 radical (unpaired) electrons. The van der Waals surface area contributed by atoms with Crippen molar-refractivity contribution in [2.45, 2.75) is 76.9 Å². The van der Waals surface area contributed by atoms with Crippen LogP contribution in [0.4, 0.5) is 0 Å². The average molecular weight is 411 g/mol. The van der Waals surface area contributed by atoms with Crippen LogP contribution in [0.15, 0.2) is 11.3 Å². The molecule has 1 saturated heterocycles. The monoisotopic (exact) mass is 410 g/mol. The van der Waals surface area contributed by atoms with Gasteiger partial charge in [-0.15, -0.1) is 0 Å². The lowest BCUT2D eigenvalue weighted by Gasteiger charge is -2.64. The van der Waals surface area contributed by atoms with E-state index in [9.17, 15) is 20.0 Å². The molecule has 0 aromatic rings. The number of fused-ring (bicyclic) bond motifs is 7. The van der Waals surface area contributed by atoms with Crippen molar-refractivity contribution in [2.24, 2.45) is 45.7 Å². The predicted octanol–water partition coefficient (Wildman–Crippen LogP) is 2.60. The summed E-state index contributed by atoms with van der Waals surface area (Å²) >= 11 is 0. The highest BCUT2D eigenvalue weighted by atomic mass is 16.6. The molecule has 0 amide bonds. The van der Waals surface area contributed by atoms with Crippen LogP contribution in [-0.2, 0) is 14.3 Å². The Hall–Kier alpha value is -1.87. The molecule has 6 heteroatoms. The van der Waals surface area contributed by atoms with Gasteiger partial charge in [-0.05, 0) is 61.7 Å². The number of nitrogens with two attached hydrogens (primary N) is 1. The number of allylic oxidation sites excluding steroid dienone is 2. The van der Waals surface area contributed by atoms with Gasteiger partial charge in [-0.3, -0.25) is 9.59 Å². The SMILES string of the molecule is C[C@]12CC(O)C3C(C4CC5(C#N)C(=C4N)C(=O)CC[C@]35C)C1CC[C@@]21CCC(=O)O1. The minimum Gasteiger partial charge on any atom is -0.458 e. The van der Waals surface area contributed by atoms with Crippen molar-refractivity contribution in [3.05, 3.63) is 11.3 Å². The molecule has 6 unspecified atom stereocenters. The van der Waals surface area contributed by atoms with Crippen molar-refractivity contribution in [3.8, 4) is 6.07 Å². The Morgan fingerprint density at radius 2 is 1.90 bits per heavy atom. The third-order valence-corrected chi connectivity index (χ3v) is 10.8. The van der Waals surface area contributed by atoms with Gasteiger partial charge in [-0.1, -0.05) is 13.8 Å². The topological polar surface area (TPSA) is 113 Å². The van der Waals surface area contributed by atoms with Crippen LogP contribution in [0.1, 0.15) is 65.2 Å². The van der Waals surface area contributed by atoms with E-state index in [4.69, 9.17) is 10.5 Å². The number of hydrogen-bond acceptors (Lipinski definition) is 6. The summed E-state index contributed by atoms with van der Waals surface area (Å²) in [4.78, 5) is 25.0. The molecule has 2 bridgehead atoms. The fourth-order valence-corrected chi connectivity index (χ4v) is 9.56. The van der Waals surface area contributed by atoms with Crippen LogP contribution in [0, 0.1) is 51.2 Å². The number of carbonyl (C=O) groups excluding carboxylic acids is 2. The Morgan fingerprint density at radius 1 is 1.13 bits per heavy atom. The van der Waals surface area contributed by atoms with Crippen molar-refractivity contribution < 1.29 is 19.4 Å². The third kappa shape index (κ3) is 1.71. The summed E-state index contributed by atoms with van der Waals surface area (Å²) in [6, 6.07) is 2.55. The number of aliphatic hydroxyl groups excluding tert-OH is 1. The highest BCUT2D eigenvalue weighted by Gasteiger charge is 2.76. The lowest BCUT2D eigenvalue weighted by atomic mass is 9.39. The van der Waals surface area contributed by atoms with Gasteiger partial charge < -0.3 is 15.6 Å². The highest BCUT2D eigenvalue weighted by Crippen LogP contribution is 2.76. The van der Waals surface area contributed by atoms with E-state index in [1.807, 2.05) is 0 Å². The maximum Gasteiger partial charge on any atom is 0.306 e. The number of nitriles is 1. The van der Waals surface area contributed by atoms with Gasteiger partial charge in [-0.2, -0.15) is 5.26 Å². The molecule has 30 heavy (non-hydrogen) atoms. The summed E-state index contributed by atoms with van der Waals surface area (Å²) in [5.41, 5.74) is 5.72. The summed E-state index contributed by atoms with van der Waals surface area (Å²) in [5.74, 6) is 0.169. The maximum atomic E-state index is 12.9. The van der Waals surface area contributed by atoms with Gasteiger partial charge in [-0.25, -0.2) is 0 Å². The molecule has 5 aliphatic carbocycles. The first-order valence-corrected chi connectivity index (χ1v) is 11.5. The molecule has 9 atom stereocenters. The summed E-state index contributed by atoms with van der Waals surface area (Å²) in [6.45, 7) is 4.33. The van der Waals surface area contributed by atoms with E-state index in [-0.39, 0.29) is 40.8 Å². The largest absolute Gasteiger partial charge is 0.458 e. The second kappa shape index (κ2) is 5.30. The summed E-state index contributed by atoms with van der Waals surface area (Å²) in [6.07, 6.45) is 4.57. The van der Waals surface area contributed by atoms with Crippen LogP contribution < -0.4 is 5.73 Å². The van der Waals surface area contributed by atoms with Crippen LogP contribution in [0.3, 0.4) is 0 Å². The van der Waals surface area contributed by atoms with Gasteiger partial charge in [0.15, 0.2) is 5.78 Å². The quantitative estimate of drug-likeness (QED) is 0.594. The Labute approximate surface area is 176 Å². The zero-order valence-electron chi connectivity index (χ0n) is 17.7. The second-order valence-electron chi connectivity index (χ2n) is 11.4. The van der Waals surface area contributed by atoms with Crippen LogP contribution in [0.2, 0.25) is 0 Å². The number of aliphatic hydroxyl groups is 1. The smallest absolute Gasteiger partial charge is 0.306 e. The molecule has 1 aliphatic heterocycles. The van der Waals surface area contributed by atoms with E-state index < -0.39 is 22.5 Å². The fourth-order valence-electron chi connectivity index (χ4n) is 9.56. The van der Waals surface area contributed by atoms with E-state index in [0.29, 0.717) is 43.4 Å². The lowest BCUT2D eigenvalue weighted by molar-refractivity contribution is -0.209. The molecule has 6 nitrogen and oxygen atoms in total. The molecule has 4 saturated carbocycles. The van der Waals surface area contributed by atoms with Crippen LogP contribution >= 0.6 is 0 Å². The summed E-state index contributed by atoms with van der Waals surface area (Å²) < 4.78 is 5.99. The van der Waals surface area contributed by atoms with Gasteiger partial charge in [0.05, 0.1) is 17.6 Å². The third-order valence-electron chi connectivity index (χ3n) is 10.8. The van der Waals surface area contributed by atoms with E-state index in [1.165, 1.54) is 0 Å². The first kappa shape index (κ1) is 18.9. The maximum absolute atomic E-state index is 12.9. The molecular formula is C24H30N2O4. The molecule has 0 aromatic carbocycles. The molecule has 1 spiro atoms. The number of rotatable bonds is 0. The van der Waals surface area contributed by atoms with Crippen molar-refractivity contribution in [1.82, 2.24) is 0 Å². The molecule has 5 fully saturated rings. The lowest BCUT2D eigenvalue weighted by Crippen LogP contribution is -2.64. The number of ether oxygens (including phenoxy) is 1. The number of carbonyl (C=O) groups is 2. The van der Waals surface area contributed by atoms with E-state index in [1.54, 1.807) is 0 Å². The Balaban J connectivity index is 1.53. The Bertz CT molecular complexity index is 967. The molecule has 1 heterocycles. The van der Waals surface area contributed by atoms with E-state index in [0.717, 1.165) is 19.3 Å². The zero-order valence-corrected chi connectivity index (χ0v) is 17.7. The number of nitrogens with zero attached hydrogens (tertiary/aromatic N) is 1. The van der Waals surface area contributed by atoms with Crippen LogP contribution in [0.25, 0.3) is 0 Å². The van der Waals surface area contributed by atoms with Gasteiger partial charge in [0.1, 0.15) is 5.60 Å². The van der Waals surface area contributed by atoms with Gasteiger partial charge >= 0.3 is 5.97 Å². The van der Waals surface area contributed by atoms with Gasteiger partial charge in [0, 0.05) is 35.4 Å². The van der Waals surface area contributed by atoms with Gasteiger partial charge in [0.25, 0.3) is 0 Å². The Morgan fingerprint density at radius 3 is 2.57 bits per heavy atom. The van der Waals surface area contributed by atoms with Crippen molar-refractivity contribution in [1.29, 1.82) is 5.26 Å². The average Bonchev–Trinajstić information content (AvgIpc) is 3.31. The van der Waals surface area contributed by atoms with Crippen molar-refractivity contribution in [3.63, 3.8) is 0 Å². The summed E-state index contributed by atoms with van der Waals surface area (Å²) in [5, 5.41) is 22.0. The van der Waals surface area contributed by atoms with Crippen LogP contribution in [0.5, 0.6) is 0 Å².